The van der Waals surface area contributed by atoms with E-state index in [0.717, 1.165) is 5.56 Å². The number of hydrogen-bond donors (Lipinski definition) is 1. The minimum absolute atomic E-state index is 0.390. The fourth-order valence-electron chi connectivity index (χ4n) is 1.60. The quantitative estimate of drug-likeness (QED) is 0.837. The first-order valence-electron chi connectivity index (χ1n) is 5.62. The van der Waals surface area contributed by atoms with Gasteiger partial charge < -0.3 is 10.1 Å². The number of ether oxygens (including phenoxy) is 1. The van der Waals surface area contributed by atoms with E-state index < -0.39 is 5.97 Å². The zero-order chi connectivity index (χ0) is 12.8. The molecule has 0 spiro atoms. The number of hydrogen-bond acceptors (Lipinski definition) is 4. The van der Waals surface area contributed by atoms with Crippen molar-refractivity contribution in [2.75, 3.05) is 12.4 Å². The molecule has 4 nitrogen and oxygen atoms in total. The van der Waals surface area contributed by atoms with E-state index in [4.69, 9.17) is 4.74 Å². The van der Waals surface area contributed by atoms with Gasteiger partial charge in [-0.3, -0.25) is 0 Å². The number of carbonyl (C=O) groups excluding carboxylic acids is 1. The Balaban J connectivity index is 2.12. The molecule has 0 saturated heterocycles. The van der Waals surface area contributed by atoms with Gasteiger partial charge in [0.2, 0.25) is 0 Å². The molecule has 2 aromatic rings. The average molecular weight is 242 g/mol. The van der Waals surface area contributed by atoms with Crippen molar-refractivity contribution >= 4 is 11.8 Å². The molecule has 4 heteroatoms. The predicted molar refractivity (Wildman–Crippen MR) is 69.3 cm³/mol. The Kier molecular flexibility index (Phi) is 3.91. The fourth-order valence-corrected chi connectivity index (χ4v) is 1.60. The maximum atomic E-state index is 11.5. The number of nitrogens with zero attached hydrogens (tertiary/aromatic N) is 1. The van der Waals surface area contributed by atoms with E-state index in [9.17, 15) is 4.79 Å². The lowest BCUT2D eigenvalue weighted by atomic mass is 10.2. The number of anilines is 1. The molecule has 1 N–H and O–H groups in total. The summed E-state index contributed by atoms with van der Waals surface area (Å²) in [6.07, 6.45) is 1.64. The van der Waals surface area contributed by atoms with E-state index in [0.29, 0.717) is 17.9 Å². The first kappa shape index (κ1) is 12.1. The second kappa shape index (κ2) is 5.82. The molecule has 1 heterocycles. The first-order valence-corrected chi connectivity index (χ1v) is 5.62. The molecule has 0 aliphatic carbocycles. The van der Waals surface area contributed by atoms with Crippen molar-refractivity contribution in [2.24, 2.45) is 0 Å². The van der Waals surface area contributed by atoms with Crippen molar-refractivity contribution in [3.05, 3.63) is 59.8 Å². The summed E-state index contributed by atoms with van der Waals surface area (Å²) in [6.45, 7) is 0.613. The van der Waals surface area contributed by atoms with Gasteiger partial charge in [0.1, 0.15) is 11.4 Å². The Morgan fingerprint density at radius 1 is 1.22 bits per heavy atom. The number of carbonyl (C=O) groups is 1. The Morgan fingerprint density at radius 3 is 2.72 bits per heavy atom. The van der Waals surface area contributed by atoms with E-state index >= 15 is 0 Å². The standard InChI is InChI=1S/C14H14N2O2/c1-18-14(17)12-8-5-9-15-13(12)16-10-11-6-3-2-4-7-11/h2-9H,10H2,1H3,(H,15,16). The third-order valence-corrected chi connectivity index (χ3v) is 2.52. The average Bonchev–Trinajstić information content (AvgIpc) is 2.45. The van der Waals surface area contributed by atoms with Crippen LogP contribution in [0.3, 0.4) is 0 Å². The second-order valence-corrected chi connectivity index (χ2v) is 3.73. The van der Waals surface area contributed by atoms with Crippen LogP contribution in [-0.2, 0) is 11.3 Å². The van der Waals surface area contributed by atoms with Crippen LogP contribution in [0.2, 0.25) is 0 Å². The minimum atomic E-state index is -0.390. The highest BCUT2D eigenvalue weighted by Gasteiger charge is 2.11. The SMILES string of the molecule is COC(=O)c1cccnc1NCc1ccccc1. The molecular weight excluding hydrogens is 228 g/mol. The van der Waals surface area contributed by atoms with Crippen LogP contribution < -0.4 is 5.32 Å². The van der Waals surface area contributed by atoms with Crippen molar-refractivity contribution in [1.29, 1.82) is 0 Å². The molecule has 1 aromatic carbocycles. The molecular formula is C14H14N2O2. The van der Waals surface area contributed by atoms with Gasteiger partial charge in [-0.15, -0.1) is 0 Å². The molecule has 0 radical (unpaired) electrons. The van der Waals surface area contributed by atoms with Gasteiger partial charge in [0.25, 0.3) is 0 Å². The summed E-state index contributed by atoms with van der Waals surface area (Å²) in [5, 5.41) is 3.13. The molecule has 2 rings (SSSR count). The molecule has 0 unspecified atom stereocenters. The van der Waals surface area contributed by atoms with Gasteiger partial charge >= 0.3 is 5.97 Å². The molecule has 0 atom stereocenters. The van der Waals surface area contributed by atoms with Crippen LogP contribution in [0.15, 0.2) is 48.7 Å². The molecule has 0 aliphatic heterocycles. The van der Waals surface area contributed by atoms with Gasteiger partial charge in [-0.2, -0.15) is 0 Å². The lowest BCUT2D eigenvalue weighted by molar-refractivity contribution is 0.0601. The second-order valence-electron chi connectivity index (χ2n) is 3.73. The van der Waals surface area contributed by atoms with E-state index in [1.165, 1.54) is 7.11 Å². The number of rotatable bonds is 4. The summed E-state index contributed by atoms with van der Waals surface area (Å²) >= 11 is 0. The number of nitrogens with one attached hydrogen (secondary N) is 1. The largest absolute Gasteiger partial charge is 0.465 e. The van der Waals surface area contributed by atoms with Crippen LogP contribution in [0.4, 0.5) is 5.82 Å². The summed E-state index contributed by atoms with van der Waals surface area (Å²) in [7, 11) is 1.36. The third-order valence-electron chi connectivity index (χ3n) is 2.52. The molecule has 0 bridgehead atoms. The Hall–Kier alpha value is -2.36. The zero-order valence-electron chi connectivity index (χ0n) is 10.1. The van der Waals surface area contributed by atoms with Crippen molar-refractivity contribution in [1.82, 2.24) is 4.98 Å². The van der Waals surface area contributed by atoms with Crippen molar-refractivity contribution in [3.8, 4) is 0 Å². The fraction of sp³-hybridized carbons (Fsp3) is 0.143. The Morgan fingerprint density at radius 2 is 2.00 bits per heavy atom. The van der Waals surface area contributed by atoms with E-state index in [1.807, 2.05) is 30.3 Å². The number of benzene rings is 1. The van der Waals surface area contributed by atoms with Gasteiger partial charge in [0.15, 0.2) is 0 Å². The van der Waals surface area contributed by atoms with Gasteiger partial charge in [0.05, 0.1) is 7.11 Å². The molecule has 0 fully saturated rings. The highest BCUT2D eigenvalue weighted by molar-refractivity contribution is 5.94. The zero-order valence-corrected chi connectivity index (χ0v) is 10.1. The van der Waals surface area contributed by atoms with E-state index in [-0.39, 0.29) is 0 Å². The molecule has 92 valence electrons. The predicted octanol–water partition coefficient (Wildman–Crippen LogP) is 2.48. The van der Waals surface area contributed by atoms with Crippen molar-refractivity contribution in [2.45, 2.75) is 6.54 Å². The molecule has 0 amide bonds. The molecule has 18 heavy (non-hydrogen) atoms. The van der Waals surface area contributed by atoms with Gasteiger partial charge in [0, 0.05) is 12.7 Å². The van der Waals surface area contributed by atoms with Crippen LogP contribution in [0.5, 0.6) is 0 Å². The van der Waals surface area contributed by atoms with E-state index in [1.54, 1.807) is 18.3 Å². The van der Waals surface area contributed by atoms with Crippen LogP contribution in [-0.4, -0.2) is 18.1 Å². The highest BCUT2D eigenvalue weighted by Crippen LogP contribution is 2.13. The number of pyridine rings is 1. The molecule has 0 saturated carbocycles. The van der Waals surface area contributed by atoms with Gasteiger partial charge in [-0.25, -0.2) is 9.78 Å². The van der Waals surface area contributed by atoms with Crippen molar-refractivity contribution in [3.63, 3.8) is 0 Å². The topological polar surface area (TPSA) is 51.2 Å². The van der Waals surface area contributed by atoms with Crippen LogP contribution in [0.1, 0.15) is 15.9 Å². The number of esters is 1. The van der Waals surface area contributed by atoms with Crippen LogP contribution >= 0.6 is 0 Å². The van der Waals surface area contributed by atoms with Gasteiger partial charge in [-0.05, 0) is 17.7 Å². The smallest absolute Gasteiger partial charge is 0.341 e. The van der Waals surface area contributed by atoms with Gasteiger partial charge in [-0.1, -0.05) is 30.3 Å². The van der Waals surface area contributed by atoms with Crippen LogP contribution in [0, 0.1) is 0 Å². The maximum Gasteiger partial charge on any atom is 0.341 e. The Labute approximate surface area is 106 Å². The normalized spacial score (nSPS) is 9.83. The van der Waals surface area contributed by atoms with Crippen LogP contribution in [0.25, 0.3) is 0 Å². The highest BCUT2D eigenvalue weighted by atomic mass is 16.5. The number of aromatic nitrogens is 1. The Bertz CT molecular complexity index is 526. The monoisotopic (exact) mass is 242 g/mol. The lowest BCUT2D eigenvalue weighted by Crippen LogP contribution is -2.09. The summed E-state index contributed by atoms with van der Waals surface area (Å²) in [4.78, 5) is 15.7. The maximum absolute atomic E-state index is 11.5. The minimum Gasteiger partial charge on any atom is -0.465 e. The molecule has 1 aromatic heterocycles. The third kappa shape index (κ3) is 2.85. The number of methoxy groups -OCH3 is 1. The molecule has 0 aliphatic rings. The van der Waals surface area contributed by atoms with E-state index in [2.05, 4.69) is 10.3 Å². The first-order chi connectivity index (χ1) is 8.81. The lowest BCUT2D eigenvalue weighted by Gasteiger charge is -2.09. The summed E-state index contributed by atoms with van der Waals surface area (Å²) < 4.78 is 4.71. The van der Waals surface area contributed by atoms with Crippen molar-refractivity contribution < 1.29 is 9.53 Å². The summed E-state index contributed by atoms with van der Waals surface area (Å²) in [5.74, 6) is 0.145. The summed E-state index contributed by atoms with van der Waals surface area (Å²) in [5.41, 5.74) is 1.56. The summed E-state index contributed by atoms with van der Waals surface area (Å²) in [6, 6.07) is 13.3.